The average molecular weight is 297 g/mol. The fourth-order valence-corrected chi connectivity index (χ4v) is 2.42. The fourth-order valence-electron chi connectivity index (χ4n) is 2.42. The molecule has 1 amide bonds. The zero-order valence-corrected chi connectivity index (χ0v) is 11.8. The fraction of sp³-hybridized carbons (Fsp3) is 0.188. The van der Waals surface area contributed by atoms with Gasteiger partial charge >= 0.3 is 0 Å². The lowest BCUT2D eigenvalue weighted by atomic mass is 10.1. The Morgan fingerprint density at radius 1 is 1.45 bits per heavy atom. The van der Waals surface area contributed by atoms with Crippen LogP contribution in [0.5, 0.6) is 5.88 Å². The van der Waals surface area contributed by atoms with E-state index in [4.69, 9.17) is 10.00 Å². The molecule has 1 aliphatic heterocycles. The van der Waals surface area contributed by atoms with Crippen molar-refractivity contribution in [1.82, 2.24) is 4.98 Å². The van der Waals surface area contributed by atoms with Crippen molar-refractivity contribution in [2.75, 3.05) is 11.4 Å². The number of aromatic nitrogens is 1. The largest absolute Gasteiger partial charge is 0.471 e. The Balaban J connectivity index is 2.07. The Morgan fingerprint density at radius 2 is 2.27 bits per heavy atom. The van der Waals surface area contributed by atoms with Crippen LogP contribution in [-0.4, -0.2) is 23.5 Å². The van der Waals surface area contributed by atoms with Gasteiger partial charge in [-0.3, -0.25) is 9.69 Å². The molecule has 3 rings (SSSR count). The van der Waals surface area contributed by atoms with E-state index >= 15 is 0 Å². The second-order valence-corrected chi connectivity index (χ2v) is 4.95. The van der Waals surface area contributed by atoms with E-state index in [1.54, 1.807) is 24.4 Å². The van der Waals surface area contributed by atoms with Gasteiger partial charge in [0, 0.05) is 6.20 Å². The van der Waals surface area contributed by atoms with Crippen molar-refractivity contribution >= 4 is 11.6 Å². The zero-order chi connectivity index (χ0) is 15.7. The summed E-state index contributed by atoms with van der Waals surface area (Å²) in [6.07, 6.45) is 1.33. The van der Waals surface area contributed by atoms with E-state index in [9.17, 15) is 9.18 Å². The molecule has 2 heterocycles. The maximum atomic E-state index is 13.7. The first kappa shape index (κ1) is 14.0. The van der Waals surface area contributed by atoms with Crippen LogP contribution in [0.3, 0.4) is 0 Å². The van der Waals surface area contributed by atoms with Crippen LogP contribution in [0.1, 0.15) is 22.8 Å². The lowest BCUT2D eigenvalue weighted by Crippen LogP contribution is -2.42. The van der Waals surface area contributed by atoms with E-state index in [1.807, 2.05) is 6.92 Å². The maximum Gasteiger partial charge on any atom is 0.260 e. The molecule has 0 saturated carbocycles. The Morgan fingerprint density at radius 3 is 3.05 bits per heavy atom. The van der Waals surface area contributed by atoms with E-state index in [0.717, 1.165) is 6.07 Å². The summed E-state index contributed by atoms with van der Waals surface area (Å²) < 4.78 is 19.3. The summed E-state index contributed by atoms with van der Waals surface area (Å²) >= 11 is 0. The number of nitriles is 1. The number of halogens is 1. The molecule has 0 N–H and O–H groups in total. The second-order valence-electron chi connectivity index (χ2n) is 4.95. The SMILES string of the molecule is CC1CN(C(=O)c2cccc(F)c2C#N)c2cccnc2O1. The molecule has 1 aromatic carbocycles. The number of rotatable bonds is 1. The molecule has 0 bridgehead atoms. The summed E-state index contributed by atoms with van der Waals surface area (Å²) in [6.45, 7) is 2.12. The molecule has 1 aliphatic rings. The van der Waals surface area contributed by atoms with Crippen LogP contribution in [-0.2, 0) is 0 Å². The Bertz CT molecular complexity index is 785. The van der Waals surface area contributed by atoms with E-state index in [2.05, 4.69) is 4.98 Å². The molecule has 110 valence electrons. The number of amides is 1. The molecule has 0 fully saturated rings. The third-order valence-electron chi connectivity index (χ3n) is 3.40. The normalized spacial score (nSPS) is 16.4. The summed E-state index contributed by atoms with van der Waals surface area (Å²) in [5.41, 5.74) is 0.294. The van der Waals surface area contributed by atoms with Crippen LogP contribution in [0.4, 0.5) is 10.1 Å². The first-order chi connectivity index (χ1) is 10.6. The van der Waals surface area contributed by atoms with Crippen LogP contribution < -0.4 is 9.64 Å². The molecule has 6 heteroatoms. The molecule has 1 aromatic heterocycles. The van der Waals surface area contributed by atoms with Crippen molar-refractivity contribution in [3.8, 4) is 11.9 Å². The minimum Gasteiger partial charge on any atom is -0.471 e. The Kier molecular flexibility index (Phi) is 3.47. The highest BCUT2D eigenvalue weighted by atomic mass is 19.1. The number of benzene rings is 1. The number of nitrogens with zero attached hydrogens (tertiary/aromatic N) is 3. The molecule has 0 saturated heterocycles. The van der Waals surface area contributed by atoms with E-state index < -0.39 is 11.7 Å². The van der Waals surface area contributed by atoms with Crippen LogP contribution in [0.25, 0.3) is 0 Å². The molecule has 0 radical (unpaired) electrons. The van der Waals surface area contributed by atoms with E-state index in [-0.39, 0.29) is 17.2 Å². The number of carbonyl (C=O) groups is 1. The molecule has 0 spiro atoms. The number of fused-ring (bicyclic) bond motifs is 1. The molecule has 22 heavy (non-hydrogen) atoms. The van der Waals surface area contributed by atoms with Crippen molar-refractivity contribution in [1.29, 1.82) is 5.26 Å². The van der Waals surface area contributed by atoms with Crippen LogP contribution in [0.15, 0.2) is 36.5 Å². The Hall–Kier alpha value is -2.94. The van der Waals surface area contributed by atoms with Crippen LogP contribution in [0, 0.1) is 17.1 Å². The van der Waals surface area contributed by atoms with Gasteiger partial charge in [-0.15, -0.1) is 0 Å². The van der Waals surface area contributed by atoms with Gasteiger partial charge in [-0.05, 0) is 31.2 Å². The number of carbonyl (C=O) groups excluding carboxylic acids is 1. The van der Waals surface area contributed by atoms with Gasteiger partial charge in [-0.25, -0.2) is 9.37 Å². The first-order valence-electron chi connectivity index (χ1n) is 6.74. The number of pyridine rings is 1. The Labute approximate surface area is 126 Å². The third kappa shape index (κ3) is 2.27. The van der Waals surface area contributed by atoms with Crippen LogP contribution in [0.2, 0.25) is 0 Å². The third-order valence-corrected chi connectivity index (χ3v) is 3.40. The van der Waals surface area contributed by atoms with Gasteiger partial charge in [0.05, 0.1) is 12.1 Å². The van der Waals surface area contributed by atoms with E-state index in [1.165, 1.54) is 17.0 Å². The quantitative estimate of drug-likeness (QED) is 0.811. The second kappa shape index (κ2) is 5.45. The summed E-state index contributed by atoms with van der Waals surface area (Å²) in [7, 11) is 0. The molecule has 5 nitrogen and oxygen atoms in total. The number of hydrogen-bond acceptors (Lipinski definition) is 4. The molecule has 1 unspecified atom stereocenters. The van der Waals surface area contributed by atoms with E-state index in [0.29, 0.717) is 18.1 Å². The van der Waals surface area contributed by atoms with Crippen molar-refractivity contribution in [2.24, 2.45) is 0 Å². The van der Waals surface area contributed by atoms with Gasteiger partial charge in [0.15, 0.2) is 0 Å². The average Bonchev–Trinajstić information content (AvgIpc) is 2.53. The lowest BCUT2D eigenvalue weighted by Gasteiger charge is -2.32. The van der Waals surface area contributed by atoms with Crippen molar-refractivity contribution in [3.05, 3.63) is 53.5 Å². The van der Waals surface area contributed by atoms with Gasteiger partial charge in [-0.1, -0.05) is 6.07 Å². The summed E-state index contributed by atoms with van der Waals surface area (Å²) in [5, 5.41) is 9.10. The molecule has 0 aliphatic carbocycles. The predicted octanol–water partition coefficient (Wildman–Crippen LogP) is 2.52. The number of hydrogen-bond donors (Lipinski definition) is 0. The minimum absolute atomic E-state index is 0.0337. The summed E-state index contributed by atoms with van der Waals surface area (Å²) in [6, 6.07) is 9.16. The molecular formula is C16H12FN3O2. The monoisotopic (exact) mass is 297 g/mol. The van der Waals surface area contributed by atoms with Gasteiger partial charge in [0.25, 0.3) is 5.91 Å². The predicted molar refractivity (Wildman–Crippen MR) is 77.1 cm³/mol. The highest BCUT2D eigenvalue weighted by Gasteiger charge is 2.30. The van der Waals surface area contributed by atoms with Crippen molar-refractivity contribution in [3.63, 3.8) is 0 Å². The van der Waals surface area contributed by atoms with Crippen molar-refractivity contribution < 1.29 is 13.9 Å². The summed E-state index contributed by atoms with van der Waals surface area (Å²) in [5.74, 6) is -0.800. The van der Waals surface area contributed by atoms with Gasteiger partial charge in [0.1, 0.15) is 29.2 Å². The highest BCUT2D eigenvalue weighted by molar-refractivity contribution is 6.08. The zero-order valence-electron chi connectivity index (χ0n) is 11.8. The number of ether oxygens (including phenoxy) is 1. The topological polar surface area (TPSA) is 66.2 Å². The summed E-state index contributed by atoms with van der Waals surface area (Å²) in [4.78, 5) is 18.3. The van der Waals surface area contributed by atoms with Gasteiger partial charge in [0.2, 0.25) is 5.88 Å². The van der Waals surface area contributed by atoms with Gasteiger partial charge in [-0.2, -0.15) is 5.26 Å². The molecule has 2 aromatic rings. The molecule has 1 atom stereocenters. The standard InChI is InChI=1S/C16H12FN3O2/c1-10-9-20(14-6-3-7-19-15(14)22-10)16(21)11-4-2-5-13(17)12(11)8-18/h2-7,10H,9H2,1H3. The lowest BCUT2D eigenvalue weighted by molar-refractivity contribution is 0.0958. The van der Waals surface area contributed by atoms with Crippen LogP contribution >= 0.6 is 0 Å². The first-order valence-corrected chi connectivity index (χ1v) is 6.74. The highest BCUT2D eigenvalue weighted by Crippen LogP contribution is 2.32. The molecular weight excluding hydrogens is 285 g/mol. The minimum atomic E-state index is -0.707. The smallest absolute Gasteiger partial charge is 0.260 e. The maximum absolute atomic E-state index is 13.7. The van der Waals surface area contributed by atoms with Gasteiger partial charge < -0.3 is 4.74 Å². The van der Waals surface area contributed by atoms with Crippen molar-refractivity contribution in [2.45, 2.75) is 13.0 Å². The number of anilines is 1.